The van der Waals surface area contributed by atoms with E-state index in [-0.39, 0.29) is 5.60 Å². The van der Waals surface area contributed by atoms with E-state index in [0.29, 0.717) is 6.04 Å². The van der Waals surface area contributed by atoms with Gasteiger partial charge in [-0.2, -0.15) is 0 Å². The van der Waals surface area contributed by atoms with Gasteiger partial charge in [-0.1, -0.05) is 19.3 Å². The van der Waals surface area contributed by atoms with Crippen molar-refractivity contribution in [3.8, 4) is 0 Å². The Morgan fingerprint density at radius 3 is 2.74 bits per heavy atom. The fraction of sp³-hybridized carbons (Fsp3) is 1.00. The van der Waals surface area contributed by atoms with Crippen LogP contribution in [0.4, 0.5) is 0 Å². The van der Waals surface area contributed by atoms with Crippen molar-refractivity contribution in [1.29, 1.82) is 0 Å². The summed E-state index contributed by atoms with van der Waals surface area (Å²) in [6.45, 7) is 3.54. The summed E-state index contributed by atoms with van der Waals surface area (Å²) in [5.74, 6) is 0. The molecule has 0 bridgehead atoms. The van der Waals surface area contributed by atoms with E-state index in [1.807, 2.05) is 0 Å². The molecular weight excluding hydrogens is 236 g/mol. The molecule has 3 rings (SSSR count). The van der Waals surface area contributed by atoms with E-state index in [2.05, 4.69) is 17.3 Å². The molecule has 110 valence electrons. The molecule has 2 heterocycles. The first-order valence-electron chi connectivity index (χ1n) is 8.37. The minimum absolute atomic E-state index is 0.258. The van der Waals surface area contributed by atoms with Gasteiger partial charge in [0.25, 0.3) is 0 Å². The molecule has 2 saturated heterocycles. The number of piperidine rings is 1. The summed E-state index contributed by atoms with van der Waals surface area (Å²) in [6.07, 6.45) is 12.1. The van der Waals surface area contributed by atoms with Crippen LogP contribution in [-0.2, 0) is 4.74 Å². The van der Waals surface area contributed by atoms with Crippen molar-refractivity contribution in [3.05, 3.63) is 0 Å². The van der Waals surface area contributed by atoms with Gasteiger partial charge in [0, 0.05) is 25.2 Å². The summed E-state index contributed by atoms with van der Waals surface area (Å²) < 4.78 is 6.24. The molecule has 3 nitrogen and oxygen atoms in total. The van der Waals surface area contributed by atoms with Crippen molar-refractivity contribution in [2.75, 3.05) is 26.7 Å². The third-order valence-corrected chi connectivity index (χ3v) is 5.61. The van der Waals surface area contributed by atoms with Crippen LogP contribution in [0, 0.1) is 0 Å². The molecule has 0 aromatic heterocycles. The molecule has 2 unspecified atom stereocenters. The highest BCUT2D eigenvalue weighted by Crippen LogP contribution is 2.40. The summed E-state index contributed by atoms with van der Waals surface area (Å²) in [5, 5.41) is 3.47. The smallest absolute Gasteiger partial charge is 0.0697 e. The number of nitrogens with one attached hydrogen (secondary N) is 1. The van der Waals surface area contributed by atoms with E-state index in [9.17, 15) is 0 Å². The second-order valence-electron chi connectivity index (χ2n) is 6.86. The third kappa shape index (κ3) is 3.14. The van der Waals surface area contributed by atoms with Crippen LogP contribution in [-0.4, -0.2) is 49.3 Å². The van der Waals surface area contributed by atoms with Gasteiger partial charge in [0.2, 0.25) is 0 Å². The number of hydrogen-bond acceptors (Lipinski definition) is 3. The molecule has 2 aliphatic heterocycles. The maximum atomic E-state index is 6.24. The van der Waals surface area contributed by atoms with Crippen molar-refractivity contribution in [1.82, 2.24) is 10.2 Å². The topological polar surface area (TPSA) is 24.5 Å². The average molecular weight is 266 g/mol. The number of rotatable bonds is 2. The normalized spacial score (nSPS) is 36.5. The highest BCUT2D eigenvalue weighted by molar-refractivity contribution is 4.94. The lowest BCUT2D eigenvalue weighted by Gasteiger charge is -2.48. The maximum Gasteiger partial charge on any atom is 0.0697 e. The lowest BCUT2D eigenvalue weighted by atomic mass is 9.77. The molecule has 1 aliphatic carbocycles. The SMILES string of the molecule is CNC1CCCN(C2CCOC3(CCCCC3)C2)C1. The summed E-state index contributed by atoms with van der Waals surface area (Å²) in [5.41, 5.74) is 0.258. The molecule has 0 aromatic carbocycles. The Hall–Kier alpha value is -0.120. The first-order chi connectivity index (χ1) is 9.31. The van der Waals surface area contributed by atoms with Gasteiger partial charge < -0.3 is 10.1 Å². The zero-order chi connectivity index (χ0) is 13.1. The fourth-order valence-electron chi connectivity index (χ4n) is 4.43. The van der Waals surface area contributed by atoms with E-state index >= 15 is 0 Å². The summed E-state index contributed by atoms with van der Waals surface area (Å²) in [4.78, 5) is 2.75. The summed E-state index contributed by atoms with van der Waals surface area (Å²) in [7, 11) is 2.11. The molecule has 1 N–H and O–H groups in total. The van der Waals surface area contributed by atoms with Gasteiger partial charge in [0.1, 0.15) is 0 Å². The molecule has 3 fully saturated rings. The maximum absolute atomic E-state index is 6.24. The number of ether oxygens (including phenoxy) is 1. The van der Waals surface area contributed by atoms with E-state index in [1.54, 1.807) is 0 Å². The number of hydrogen-bond donors (Lipinski definition) is 1. The quantitative estimate of drug-likeness (QED) is 0.831. The van der Waals surface area contributed by atoms with Crippen molar-refractivity contribution in [3.63, 3.8) is 0 Å². The second kappa shape index (κ2) is 6.11. The van der Waals surface area contributed by atoms with Gasteiger partial charge in [-0.15, -0.1) is 0 Å². The molecule has 19 heavy (non-hydrogen) atoms. The Labute approximate surface area is 118 Å². The van der Waals surface area contributed by atoms with Crippen LogP contribution in [0.1, 0.15) is 57.8 Å². The molecule has 0 amide bonds. The van der Waals surface area contributed by atoms with Crippen molar-refractivity contribution in [2.24, 2.45) is 0 Å². The first kappa shape index (κ1) is 13.8. The largest absolute Gasteiger partial charge is 0.375 e. The van der Waals surface area contributed by atoms with Crippen LogP contribution < -0.4 is 5.32 Å². The monoisotopic (exact) mass is 266 g/mol. The minimum atomic E-state index is 0.258. The Kier molecular flexibility index (Phi) is 4.45. The Bertz CT molecular complexity index is 283. The predicted molar refractivity (Wildman–Crippen MR) is 78.4 cm³/mol. The number of likely N-dealkylation sites (tertiary alicyclic amines) is 1. The molecule has 3 aliphatic rings. The molecular formula is C16H30N2O. The Morgan fingerprint density at radius 2 is 1.95 bits per heavy atom. The van der Waals surface area contributed by atoms with Crippen molar-refractivity contribution >= 4 is 0 Å². The summed E-state index contributed by atoms with van der Waals surface area (Å²) >= 11 is 0. The molecule has 0 radical (unpaired) electrons. The van der Waals surface area contributed by atoms with Crippen LogP contribution >= 0.6 is 0 Å². The standard InChI is InChI=1S/C16H30N2O/c1-17-14-6-5-10-18(13-14)15-7-11-19-16(12-15)8-3-2-4-9-16/h14-15,17H,2-13H2,1H3. The first-order valence-corrected chi connectivity index (χ1v) is 8.37. The Morgan fingerprint density at radius 1 is 1.11 bits per heavy atom. The van der Waals surface area contributed by atoms with E-state index < -0.39 is 0 Å². The van der Waals surface area contributed by atoms with Crippen LogP contribution in [0.15, 0.2) is 0 Å². The molecule has 1 saturated carbocycles. The third-order valence-electron chi connectivity index (χ3n) is 5.61. The van der Waals surface area contributed by atoms with E-state index in [1.165, 1.54) is 70.9 Å². The lowest BCUT2D eigenvalue weighted by Crippen LogP contribution is -2.54. The van der Waals surface area contributed by atoms with Gasteiger partial charge in [-0.3, -0.25) is 4.90 Å². The van der Waals surface area contributed by atoms with Crippen LogP contribution in [0.5, 0.6) is 0 Å². The van der Waals surface area contributed by atoms with Gasteiger partial charge in [-0.25, -0.2) is 0 Å². The van der Waals surface area contributed by atoms with Crippen LogP contribution in [0.25, 0.3) is 0 Å². The van der Waals surface area contributed by atoms with Gasteiger partial charge in [0.15, 0.2) is 0 Å². The fourth-order valence-corrected chi connectivity index (χ4v) is 4.43. The van der Waals surface area contributed by atoms with Crippen LogP contribution in [0.3, 0.4) is 0 Å². The number of likely N-dealkylation sites (N-methyl/N-ethyl adjacent to an activating group) is 1. The van der Waals surface area contributed by atoms with Crippen LogP contribution in [0.2, 0.25) is 0 Å². The lowest BCUT2D eigenvalue weighted by molar-refractivity contribution is -0.126. The van der Waals surface area contributed by atoms with Crippen molar-refractivity contribution < 1.29 is 4.74 Å². The predicted octanol–water partition coefficient (Wildman–Crippen LogP) is 2.55. The second-order valence-corrected chi connectivity index (χ2v) is 6.86. The molecule has 1 spiro atoms. The van der Waals surface area contributed by atoms with Gasteiger partial charge >= 0.3 is 0 Å². The van der Waals surface area contributed by atoms with Crippen molar-refractivity contribution in [2.45, 2.75) is 75.5 Å². The summed E-state index contributed by atoms with van der Waals surface area (Å²) in [6, 6.07) is 1.49. The highest BCUT2D eigenvalue weighted by Gasteiger charge is 2.40. The minimum Gasteiger partial charge on any atom is -0.375 e. The molecule has 2 atom stereocenters. The molecule has 0 aromatic rings. The van der Waals surface area contributed by atoms with Gasteiger partial charge in [0.05, 0.1) is 5.60 Å². The average Bonchev–Trinajstić information content (AvgIpc) is 2.48. The highest BCUT2D eigenvalue weighted by atomic mass is 16.5. The van der Waals surface area contributed by atoms with E-state index in [0.717, 1.165) is 12.6 Å². The van der Waals surface area contributed by atoms with E-state index in [4.69, 9.17) is 4.74 Å². The number of nitrogens with zero attached hydrogens (tertiary/aromatic N) is 1. The van der Waals surface area contributed by atoms with Gasteiger partial charge in [-0.05, 0) is 52.1 Å². The zero-order valence-electron chi connectivity index (χ0n) is 12.5. The zero-order valence-corrected chi connectivity index (χ0v) is 12.5. The Balaban J connectivity index is 1.61. The molecule has 3 heteroatoms.